The lowest BCUT2D eigenvalue weighted by Crippen LogP contribution is -2.39. The van der Waals surface area contributed by atoms with Crippen molar-refractivity contribution in [2.24, 2.45) is 11.7 Å². The van der Waals surface area contributed by atoms with Crippen molar-refractivity contribution >= 4 is 50.1 Å². The van der Waals surface area contributed by atoms with Gasteiger partial charge in [-0.1, -0.05) is 13.8 Å². The fourth-order valence-corrected chi connectivity index (χ4v) is 1.86. The van der Waals surface area contributed by atoms with E-state index in [0.717, 1.165) is 13.7 Å². The molecule has 88 valence electrons. The first-order chi connectivity index (χ1) is 7.41. The van der Waals surface area contributed by atoms with E-state index in [-0.39, 0.29) is 11.8 Å². The van der Waals surface area contributed by atoms with E-state index < -0.39 is 6.04 Å². The number of hydrogen-bond acceptors (Lipinski definition) is 2. The van der Waals surface area contributed by atoms with Gasteiger partial charge < -0.3 is 11.1 Å². The van der Waals surface area contributed by atoms with Crippen molar-refractivity contribution in [1.82, 2.24) is 0 Å². The third kappa shape index (κ3) is 3.71. The summed E-state index contributed by atoms with van der Waals surface area (Å²) in [7, 11) is 0. The molecule has 0 spiro atoms. The molecule has 0 aliphatic carbocycles. The molecule has 0 unspecified atom stereocenters. The van der Waals surface area contributed by atoms with Gasteiger partial charge in [0.25, 0.3) is 0 Å². The molecule has 0 saturated heterocycles. The molecule has 1 rings (SSSR count). The number of hydrogen-bond donors (Lipinski definition) is 2. The zero-order chi connectivity index (χ0) is 12.3. The van der Waals surface area contributed by atoms with Crippen molar-refractivity contribution < 1.29 is 4.79 Å². The van der Waals surface area contributed by atoms with E-state index >= 15 is 0 Å². The van der Waals surface area contributed by atoms with Crippen LogP contribution in [0.5, 0.6) is 0 Å². The van der Waals surface area contributed by atoms with Crippen molar-refractivity contribution in [3.05, 3.63) is 26.2 Å². The monoisotopic (exact) mass is 396 g/mol. The normalized spacial score (nSPS) is 12.6. The predicted molar refractivity (Wildman–Crippen MR) is 78.3 cm³/mol. The number of anilines is 1. The van der Waals surface area contributed by atoms with E-state index in [1.165, 1.54) is 0 Å². The van der Waals surface area contributed by atoms with E-state index in [1.54, 1.807) is 0 Å². The Kier molecular flexibility index (Phi) is 5.20. The first-order valence-electron chi connectivity index (χ1n) is 4.93. The van der Waals surface area contributed by atoms with Gasteiger partial charge in [0.05, 0.1) is 6.04 Å². The zero-order valence-corrected chi connectivity index (χ0v) is 12.9. The Hall–Kier alpha value is -0.140. The molecule has 5 heteroatoms. The lowest BCUT2D eigenvalue weighted by Gasteiger charge is -2.15. The second-order valence-electron chi connectivity index (χ2n) is 3.89. The predicted octanol–water partition coefficient (Wildman–Crippen LogP) is 2.98. The van der Waals surface area contributed by atoms with Crippen molar-refractivity contribution in [3.8, 4) is 0 Å². The summed E-state index contributed by atoms with van der Waals surface area (Å²) in [6.07, 6.45) is 0. The minimum Gasteiger partial charge on any atom is -0.325 e. The van der Waals surface area contributed by atoms with Crippen LogP contribution in [0.25, 0.3) is 0 Å². The maximum Gasteiger partial charge on any atom is 0.241 e. The van der Waals surface area contributed by atoms with E-state index in [1.807, 2.05) is 32.0 Å². The lowest BCUT2D eigenvalue weighted by atomic mass is 10.1. The molecule has 0 saturated carbocycles. The van der Waals surface area contributed by atoms with Crippen LogP contribution in [-0.2, 0) is 4.79 Å². The Morgan fingerprint density at radius 2 is 2.12 bits per heavy atom. The van der Waals surface area contributed by atoms with Gasteiger partial charge >= 0.3 is 0 Å². The van der Waals surface area contributed by atoms with Crippen LogP contribution in [0, 0.1) is 9.49 Å². The van der Waals surface area contributed by atoms with Gasteiger partial charge in [0.15, 0.2) is 0 Å². The molecule has 1 atom stereocenters. The molecule has 0 radical (unpaired) electrons. The van der Waals surface area contributed by atoms with Gasteiger partial charge in [0.1, 0.15) is 0 Å². The molecule has 1 aromatic carbocycles. The van der Waals surface area contributed by atoms with Gasteiger partial charge in [0.2, 0.25) is 5.91 Å². The molecule has 0 aliphatic rings. The molecule has 3 N–H and O–H groups in total. The molecule has 0 aromatic heterocycles. The zero-order valence-electron chi connectivity index (χ0n) is 9.13. The first-order valence-corrected chi connectivity index (χ1v) is 6.80. The molecule has 3 nitrogen and oxygen atoms in total. The summed E-state index contributed by atoms with van der Waals surface area (Å²) in [4.78, 5) is 11.7. The first kappa shape index (κ1) is 13.9. The van der Waals surface area contributed by atoms with Crippen LogP contribution in [-0.4, -0.2) is 11.9 Å². The maximum absolute atomic E-state index is 11.7. The molecular formula is C11H14BrIN2O. The number of carbonyl (C=O) groups is 1. The van der Waals surface area contributed by atoms with Crippen LogP contribution >= 0.6 is 38.5 Å². The fourth-order valence-electron chi connectivity index (χ4n) is 1.10. The van der Waals surface area contributed by atoms with Crippen LogP contribution in [0.2, 0.25) is 0 Å². The maximum atomic E-state index is 11.7. The Balaban J connectivity index is 2.74. The highest BCUT2D eigenvalue weighted by Crippen LogP contribution is 2.22. The summed E-state index contributed by atoms with van der Waals surface area (Å²) in [5.41, 5.74) is 6.52. The fraction of sp³-hybridized carbons (Fsp3) is 0.364. The van der Waals surface area contributed by atoms with Crippen LogP contribution in [0.3, 0.4) is 0 Å². The minimum atomic E-state index is -0.471. The summed E-state index contributed by atoms with van der Waals surface area (Å²) in [5, 5.41) is 2.80. The second-order valence-corrected chi connectivity index (χ2v) is 5.90. The van der Waals surface area contributed by atoms with Gasteiger partial charge in [-0.05, 0) is 62.6 Å². The third-order valence-electron chi connectivity index (χ3n) is 2.21. The molecule has 1 aromatic rings. The van der Waals surface area contributed by atoms with Gasteiger partial charge in [-0.25, -0.2) is 0 Å². The Bertz CT molecular complexity index is 396. The summed E-state index contributed by atoms with van der Waals surface area (Å²) in [5.74, 6) is -0.0114. The van der Waals surface area contributed by atoms with Crippen molar-refractivity contribution in [1.29, 1.82) is 0 Å². The number of nitrogens with two attached hydrogens (primary N) is 1. The number of halogens is 2. The minimum absolute atomic E-state index is 0.134. The van der Waals surface area contributed by atoms with Crippen LogP contribution < -0.4 is 11.1 Å². The number of nitrogens with one attached hydrogen (secondary N) is 1. The van der Waals surface area contributed by atoms with Crippen molar-refractivity contribution in [2.45, 2.75) is 19.9 Å². The van der Waals surface area contributed by atoms with E-state index in [4.69, 9.17) is 5.73 Å². The van der Waals surface area contributed by atoms with E-state index in [0.29, 0.717) is 0 Å². The lowest BCUT2D eigenvalue weighted by molar-refractivity contribution is -0.118. The highest BCUT2D eigenvalue weighted by molar-refractivity contribution is 14.1. The molecule has 0 bridgehead atoms. The number of amides is 1. The molecule has 16 heavy (non-hydrogen) atoms. The number of rotatable bonds is 3. The third-order valence-corrected chi connectivity index (χ3v) is 4.53. The molecule has 1 amide bonds. The van der Waals surface area contributed by atoms with Crippen molar-refractivity contribution in [2.75, 3.05) is 5.32 Å². The summed E-state index contributed by atoms with van der Waals surface area (Å²) in [6, 6.07) is 5.17. The Morgan fingerprint density at radius 1 is 1.50 bits per heavy atom. The highest BCUT2D eigenvalue weighted by Gasteiger charge is 2.17. The van der Waals surface area contributed by atoms with Gasteiger partial charge in [-0.3, -0.25) is 4.79 Å². The molecule has 0 fully saturated rings. The van der Waals surface area contributed by atoms with Crippen LogP contribution in [0.15, 0.2) is 22.7 Å². The van der Waals surface area contributed by atoms with E-state index in [2.05, 4.69) is 43.8 Å². The van der Waals surface area contributed by atoms with Crippen LogP contribution in [0.1, 0.15) is 13.8 Å². The largest absolute Gasteiger partial charge is 0.325 e. The average Bonchev–Trinajstić information content (AvgIpc) is 2.22. The van der Waals surface area contributed by atoms with Crippen molar-refractivity contribution in [3.63, 3.8) is 0 Å². The Labute approximate surface area is 117 Å². The summed E-state index contributed by atoms with van der Waals surface area (Å²) in [6.45, 7) is 3.85. The molecule has 0 heterocycles. The standard InChI is InChI=1S/C11H14BrIN2O/c1-6(2)10(14)11(16)15-7-3-4-8(12)9(13)5-7/h3-6,10H,14H2,1-2H3,(H,15,16)/t10-/m1/s1. The topological polar surface area (TPSA) is 55.1 Å². The average molecular weight is 397 g/mol. The smallest absolute Gasteiger partial charge is 0.241 e. The summed E-state index contributed by atoms with van der Waals surface area (Å²) < 4.78 is 2.06. The number of carbonyl (C=O) groups excluding carboxylic acids is 1. The molecule has 0 aliphatic heterocycles. The van der Waals surface area contributed by atoms with E-state index in [9.17, 15) is 4.79 Å². The van der Waals surface area contributed by atoms with Gasteiger partial charge in [-0.15, -0.1) is 0 Å². The quantitative estimate of drug-likeness (QED) is 0.771. The molecular weight excluding hydrogens is 383 g/mol. The van der Waals surface area contributed by atoms with Gasteiger partial charge in [0, 0.05) is 13.7 Å². The van der Waals surface area contributed by atoms with Gasteiger partial charge in [-0.2, -0.15) is 0 Å². The number of benzene rings is 1. The second kappa shape index (κ2) is 5.97. The highest BCUT2D eigenvalue weighted by atomic mass is 127. The summed E-state index contributed by atoms with van der Waals surface area (Å²) >= 11 is 5.60. The Morgan fingerprint density at radius 3 is 2.62 bits per heavy atom. The van der Waals surface area contributed by atoms with Crippen LogP contribution in [0.4, 0.5) is 5.69 Å². The SMILES string of the molecule is CC(C)[C@@H](N)C(=O)Nc1ccc(Br)c(I)c1.